The average Bonchev–Trinajstić information content (AvgIpc) is 3.24. The van der Waals surface area contributed by atoms with Gasteiger partial charge in [0.2, 0.25) is 5.95 Å². The number of β-amino-alcohol motifs (C(OH)–C–C–N with tert-alkyl or cyclic N) is 1. The van der Waals surface area contributed by atoms with Crippen LogP contribution in [0.15, 0.2) is 6.07 Å². The summed E-state index contributed by atoms with van der Waals surface area (Å²) < 4.78 is 5.53. The second-order valence-electron chi connectivity index (χ2n) is 7.84. The molecule has 3 aliphatic heterocycles. The van der Waals surface area contributed by atoms with E-state index in [-0.39, 0.29) is 6.10 Å². The van der Waals surface area contributed by atoms with Crippen molar-refractivity contribution in [3.05, 3.63) is 11.8 Å². The molecule has 3 atom stereocenters. The Morgan fingerprint density at radius 3 is 2.69 bits per heavy atom. The van der Waals surface area contributed by atoms with E-state index in [9.17, 15) is 5.11 Å². The van der Waals surface area contributed by atoms with Crippen molar-refractivity contribution in [2.75, 3.05) is 43.1 Å². The molecule has 4 rings (SSSR count). The van der Waals surface area contributed by atoms with E-state index in [1.165, 1.54) is 0 Å². The number of aromatic nitrogens is 2. The van der Waals surface area contributed by atoms with E-state index in [4.69, 9.17) is 9.72 Å². The van der Waals surface area contributed by atoms with Crippen LogP contribution in [0.3, 0.4) is 0 Å². The van der Waals surface area contributed by atoms with Crippen LogP contribution < -0.4 is 21.1 Å². The lowest BCUT2D eigenvalue weighted by Crippen LogP contribution is -2.51. The molecule has 0 spiro atoms. The summed E-state index contributed by atoms with van der Waals surface area (Å²) in [6, 6.07) is 3.01. The molecule has 0 aromatic carbocycles. The van der Waals surface area contributed by atoms with Crippen LogP contribution in [-0.4, -0.2) is 66.1 Å². The Labute approximate surface area is 154 Å². The highest BCUT2D eigenvalue weighted by Gasteiger charge is 2.30. The molecule has 8 heteroatoms. The molecule has 3 aliphatic rings. The van der Waals surface area contributed by atoms with Gasteiger partial charge in [0.15, 0.2) is 0 Å². The lowest BCUT2D eigenvalue weighted by molar-refractivity contribution is 0.140. The Morgan fingerprint density at radius 1 is 1.27 bits per heavy atom. The van der Waals surface area contributed by atoms with Crippen molar-refractivity contribution in [2.45, 2.75) is 50.8 Å². The minimum Gasteiger partial charge on any atom is -0.389 e. The SMILES string of the molecule is CC1NNC(C)C1CCNc1cc(C2CCOC2)nc(N2CC(O)C2)n1. The molecule has 144 valence electrons. The standard InChI is InChI=1S/C18H30N6O2/c1-11-15(12(2)23-22-11)3-5-19-17-7-16(13-4-6-26-10-13)20-18(21-17)24-8-14(25)9-24/h7,11-15,22-23,25H,3-6,8-10H2,1-2H3,(H,19,20,21). The normalized spacial score (nSPS) is 32.0. The monoisotopic (exact) mass is 362 g/mol. The van der Waals surface area contributed by atoms with Crippen LogP contribution in [0.5, 0.6) is 0 Å². The van der Waals surface area contributed by atoms with Crippen LogP contribution >= 0.6 is 0 Å². The van der Waals surface area contributed by atoms with Crippen LogP contribution in [0.25, 0.3) is 0 Å². The fourth-order valence-electron chi connectivity index (χ4n) is 4.06. The molecule has 3 saturated heterocycles. The van der Waals surface area contributed by atoms with Gasteiger partial charge in [-0.25, -0.2) is 4.98 Å². The maximum absolute atomic E-state index is 9.60. The fraction of sp³-hybridized carbons (Fsp3) is 0.778. The zero-order chi connectivity index (χ0) is 18.1. The summed E-state index contributed by atoms with van der Waals surface area (Å²) >= 11 is 0. The lowest BCUT2D eigenvalue weighted by Gasteiger charge is -2.36. The fourth-order valence-corrected chi connectivity index (χ4v) is 4.06. The average molecular weight is 362 g/mol. The van der Waals surface area contributed by atoms with Gasteiger partial charge in [-0.1, -0.05) is 0 Å². The van der Waals surface area contributed by atoms with Gasteiger partial charge in [-0.05, 0) is 32.6 Å². The molecular weight excluding hydrogens is 332 g/mol. The van der Waals surface area contributed by atoms with Gasteiger partial charge in [0, 0.05) is 50.3 Å². The van der Waals surface area contributed by atoms with Gasteiger partial charge < -0.3 is 20.1 Å². The number of hydrogen-bond acceptors (Lipinski definition) is 8. The number of aliphatic hydroxyl groups excluding tert-OH is 1. The van der Waals surface area contributed by atoms with E-state index in [0.29, 0.717) is 43.0 Å². The van der Waals surface area contributed by atoms with Gasteiger partial charge in [-0.3, -0.25) is 10.9 Å². The van der Waals surface area contributed by atoms with Gasteiger partial charge in [0.05, 0.1) is 18.4 Å². The summed E-state index contributed by atoms with van der Waals surface area (Å²) in [7, 11) is 0. The largest absolute Gasteiger partial charge is 0.389 e. The number of ether oxygens (including phenoxy) is 1. The Morgan fingerprint density at radius 2 is 2.04 bits per heavy atom. The molecule has 1 aromatic rings. The van der Waals surface area contributed by atoms with E-state index in [1.807, 2.05) is 4.90 Å². The molecular formula is C18H30N6O2. The molecule has 0 aliphatic carbocycles. The smallest absolute Gasteiger partial charge is 0.227 e. The number of nitrogens with one attached hydrogen (secondary N) is 3. The molecule has 8 nitrogen and oxygen atoms in total. The maximum atomic E-state index is 9.60. The summed E-state index contributed by atoms with van der Waals surface area (Å²) in [6.07, 6.45) is 1.82. The van der Waals surface area contributed by atoms with Crippen molar-refractivity contribution in [3.8, 4) is 0 Å². The topological polar surface area (TPSA) is 94.6 Å². The van der Waals surface area contributed by atoms with E-state index in [2.05, 4.69) is 41.1 Å². The lowest BCUT2D eigenvalue weighted by atomic mass is 9.93. The van der Waals surface area contributed by atoms with Gasteiger partial charge in [-0.15, -0.1) is 0 Å². The Kier molecular flexibility index (Phi) is 5.26. The summed E-state index contributed by atoms with van der Waals surface area (Å²) in [5, 5.41) is 13.1. The van der Waals surface area contributed by atoms with Crippen LogP contribution in [0.2, 0.25) is 0 Å². The molecule has 3 fully saturated rings. The highest BCUT2D eigenvalue weighted by atomic mass is 16.5. The number of anilines is 2. The first-order valence-corrected chi connectivity index (χ1v) is 9.75. The second kappa shape index (κ2) is 7.64. The highest BCUT2D eigenvalue weighted by Crippen LogP contribution is 2.28. The molecule has 3 unspecified atom stereocenters. The molecule has 0 radical (unpaired) electrons. The van der Waals surface area contributed by atoms with Crippen molar-refractivity contribution < 1.29 is 9.84 Å². The van der Waals surface area contributed by atoms with Crippen molar-refractivity contribution in [2.24, 2.45) is 5.92 Å². The zero-order valence-electron chi connectivity index (χ0n) is 15.6. The van der Waals surface area contributed by atoms with Crippen molar-refractivity contribution in [3.63, 3.8) is 0 Å². The predicted octanol–water partition coefficient (Wildman–Crippen LogP) is 0.464. The second-order valence-corrected chi connectivity index (χ2v) is 7.84. The third-order valence-electron chi connectivity index (χ3n) is 5.83. The van der Waals surface area contributed by atoms with Crippen LogP contribution in [-0.2, 0) is 4.74 Å². The highest BCUT2D eigenvalue weighted by molar-refractivity contribution is 5.46. The molecule has 4 N–H and O–H groups in total. The molecule has 0 saturated carbocycles. The summed E-state index contributed by atoms with van der Waals surface area (Å²) in [5.74, 6) is 2.52. The minimum atomic E-state index is -0.265. The number of rotatable bonds is 6. The zero-order valence-corrected chi connectivity index (χ0v) is 15.6. The van der Waals surface area contributed by atoms with Crippen molar-refractivity contribution in [1.82, 2.24) is 20.8 Å². The maximum Gasteiger partial charge on any atom is 0.227 e. The van der Waals surface area contributed by atoms with Crippen molar-refractivity contribution >= 4 is 11.8 Å². The first-order valence-electron chi connectivity index (χ1n) is 9.75. The van der Waals surface area contributed by atoms with Crippen LogP contribution in [0.1, 0.15) is 38.3 Å². The van der Waals surface area contributed by atoms with Crippen LogP contribution in [0, 0.1) is 5.92 Å². The van der Waals surface area contributed by atoms with Gasteiger partial charge in [0.1, 0.15) is 5.82 Å². The number of hydrogen-bond donors (Lipinski definition) is 4. The Hall–Kier alpha value is -1.48. The molecule has 1 aromatic heterocycles. The number of nitrogens with zero attached hydrogens (tertiary/aromatic N) is 3. The Bertz CT molecular complexity index is 608. The van der Waals surface area contributed by atoms with Crippen molar-refractivity contribution in [1.29, 1.82) is 0 Å². The van der Waals surface area contributed by atoms with Gasteiger partial charge >= 0.3 is 0 Å². The summed E-state index contributed by atoms with van der Waals surface area (Å²) in [6.45, 7) is 8.06. The van der Waals surface area contributed by atoms with E-state index in [1.54, 1.807) is 0 Å². The van der Waals surface area contributed by atoms with E-state index in [0.717, 1.165) is 44.1 Å². The molecule has 0 bridgehead atoms. The molecule has 0 amide bonds. The molecule has 26 heavy (non-hydrogen) atoms. The first kappa shape index (κ1) is 17.9. The first-order chi connectivity index (χ1) is 12.6. The summed E-state index contributed by atoms with van der Waals surface area (Å²) in [5.41, 5.74) is 7.66. The minimum absolute atomic E-state index is 0.265. The number of aliphatic hydroxyl groups is 1. The quantitative estimate of drug-likeness (QED) is 0.580. The molecule has 4 heterocycles. The van der Waals surface area contributed by atoms with E-state index >= 15 is 0 Å². The third-order valence-corrected chi connectivity index (χ3v) is 5.83. The predicted molar refractivity (Wildman–Crippen MR) is 100 cm³/mol. The number of hydrazine groups is 1. The summed E-state index contributed by atoms with van der Waals surface area (Å²) in [4.78, 5) is 11.5. The van der Waals surface area contributed by atoms with Gasteiger partial charge in [0.25, 0.3) is 0 Å². The van der Waals surface area contributed by atoms with E-state index < -0.39 is 0 Å². The third kappa shape index (κ3) is 3.78. The van der Waals surface area contributed by atoms with Crippen LogP contribution in [0.4, 0.5) is 11.8 Å². The Balaban J connectivity index is 1.43. The van der Waals surface area contributed by atoms with Gasteiger partial charge in [-0.2, -0.15) is 4.98 Å².